The van der Waals surface area contributed by atoms with Crippen molar-refractivity contribution in [3.63, 3.8) is 0 Å². The smallest absolute Gasteiger partial charge is 0.311 e. The minimum Gasteiger partial charge on any atom is -0.450 e. The standard InChI is InChI=1S/C12H7BrClNO3/c13-8-4-5-11(15(16)17)12(6-8)18-10-3-1-2-9(14)7-10/h1-7H. The topological polar surface area (TPSA) is 52.4 Å². The zero-order valence-electron chi connectivity index (χ0n) is 8.97. The second-order valence-corrected chi connectivity index (χ2v) is 4.78. The van der Waals surface area contributed by atoms with Gasteiger partial charge >= 0.3 is 5.69 Å². The molecule has 2 rings (SSSR count). The van der Waals surface area contributed by atoms with Crippen molar-refractivity contribution in [1.29, 1.82) is 0 Å². The number of nitrogens with zero attached hydrogens (tertiary/aromatic N) is 1. The molecule has 0 saturated carbocycles. The Morgan fingerprint density at radius 3 is 2.67 bits per heavy atom. The van der Waals surface area contributed by atoms with E-state index in [1.165, 1.54) is 6.07 Å². The molecule has 0 atom stereocenters. The van der Waals surface area contributed by atoms with Crippen molar-refractivity contribution in [2.45, 2.75) is 0 Å². The van der Waals surface area contributed by atoms with Gasteiger partial charge in [0.2, 0.25) is 5.75 Å². The molecular formula is C12H7BrClNO3. The van der Waals surface area contributed by atoms with E-state index in [0.29, 0.717) is 15.2 Å². The molecule has 0 aliphatic carbocycles. The molecule has 0 N–H and O–H groups in total. The lowest BCUT2D eigenvalue weighted by molar-refractivity contribution is -0.385. The van der Waals surface area contributed by atoms with Crippen LogP contribution in [0, 0.1) is 10.1 Å². The predicted octanol–water partition coefficient (Wildman–Crippen LogP) is 4.80. The van der Waals surface area contributed by atoms with Gasteiger partial charge in [-0.2, -0.15) is 0 Å². The fourth-order valence-corrected chi connectivity index (χ4v) is 1.90. The molecule has 0 aliphatic rings. The van der Waals surface area contributed by atoms with Crippen LogP contribution in [0.2, 0.25) is 5.02 Å². The van der Waals surface area contributed by atoms with E-state index in [4.69, 9.17) is 16.3 Å². The Morgan fingerprint density at radius 1 is 1.22 bits per heavy atom. The minimum absolute atomic E-state index is 0.0989. The van der Waals surface area contributed by atoms with Crippen molar-refractivity contribution in [2.24, 2.45) is 0 Å². The number of nitro groups is 1. The third-order valence-electron chi connectivity index (χ3n) is 2.14. The Hall–Kier alpha value is -1.59. The summed E-state index contributed by atoms with van der Waals surface area (Å²) in [4.78, 5) is 10.4. The van der Waals surface area contributed by atoms with Gasteiger partial charge in [-0.3, -0.25) is 10.1 Å². The summed E-state index contributed by atoms with van der Waals surface area (Å²) in [5, 5.41) is 11.4. The average molecular weight is 329 g/mol. The lowest BCUT2D eigenvalue weighted by Gasteiger charge is -2.06. The van der Waals surface area contributed by atoms with Crippen molar-refractivity contribution in [1.82, 2.24) is 0 Å². The summed E-state index contributed by atoms with van der Waals surface area (Å²) in [6.07, 6.45) is 0. The molecule has 0 spiro atoms. The van der Waals surface area contributed by atoms with Gasteiger partial charge < -0.3 is 4.74 Å². The van der Waals surface area contributed by atoms with Crippen LogP contribution in [-0.4, -0.2) is 4.92 Å². The largest absolute Gasteiger partial charge is 0.450 e. The third kappa shape index (κ3) is 3.00. The van der Waals surface area contributed by atoms with E-state index < -0.39 is 4.92 Å². The minimum atomic E-state index is -0.494. The van der Waals surface area contributed by atoms with Crippen molar-refractivity contribution in [2.75, 3.05) is 0 Å². The summed E-state index contributed by atoms with van der Waals surface area (Å²) in [6.45, 7) is 0. The van der Waals surface area contributed by atoms with Gasteiger partial charge in [-0.1, -0.05) is 33.6 Å². The molecule has 0 amide bonds. The van der Waals surface area contributed by atoms with Crippen LogP contribution < -0.4 is 4.74 Å². The molecule has 4 nitrogen and oxygen atoms in total. The molecule has 6 heteroatoms. The van der Waals surface area contributed by atoms with Crippen LogP contribution >= 0.6 is 27.5 Å². The summed E-state index contributed by atoms with van der Waals surface area (Å²) in [5.41, 5.74) is -0.0989. The lowest BCUT2D eigenvalue weighted by atomic mass is 10.3. The fraction of sp³-hybridized carbons (Fsp3) is 0. The molecule has 0 saturated heterocycles. The highest BCUT2D eigenvalue weighted by atomic mass is 79.9. The van der Waals surface area contributed by atoms with Gasteiger partial charge in [0.15, 0.2) is 0 Å². The van der Waals surface area contributed by atoms with Crippen LogP contribution in [0.5, 0.6) is 11.5 Å². The zero-order valence-corrected chi connectivity index (χ0v) is 11.3. The summed E-state index contributed by atoms with van der Waals surface area (Å²) in [5.74, 6) is 0.611. The van der Waals surface area contributed by atoms with Crippen LogP contribution in [0.4, 0.5) is 5.69 Å². The van der Waals surface area contributed by atoms with E-state index in [2.05, 4.69) is 15.9 Å². The highest BCUT2D eigenvalue weighted by Gasteiger charge is 2.16. The van der Waals surface area contributed by atoms with Gasteiger partial charge in [-0.05, 0) is 24.3 Å². The molecule has 0 aromatic heterocycles. The maximum Gasteiger partial charge on any atom is 0.311 e. The molecule has 0 heterocycles. The predicted molar refractivity (Wildman–Crippen MR) is 72.3 cm³/mol. The molecule has 0 fully saturated rings. The monoisotopic (exact) mass is 327 g/mol. The van der Waals surface area contributed by atoms with Crippen LogP contribution in [0.1, 0.15) is 0 Å². The lowest BCUT2D eigenvalue weighted by Crippen LogP contribution is -1.93. The summed E-state index contributed by atoms with van der Waals surface area (Å²) in [7, 11) is 0. The average Bonchev–Trinajstić information content (AvgIpc) is 2.28. The molecular weight excluding hydrogens is 321 g/mol. The van der Waals surface area contributed by atoms with Crippen molar-refractivity contribution >= 4 is 33.2 Å². The highest BCUT2D eigenvalue weighted by molar-refractivity contribution is 9.10. The molecule has 2 aromatic carbocycles. The van der Waals surface area contributed by atoms with Gasteiger partial charge in [0.25, 0.3) is 0 Å². The van der Waals surface area contributed by atoms with E-state index >= 15 is 0 Å². The maximum atomic E-state index is 10.9. The maximum absolute atomic E-state index is 10.9. The van der Waals surface area contributed by atoms with Crippen LogP contribution in [0.15, 0.2) is 46.9 Å². The molecule has 92 valence electrons. The van der Waals surface area contributed by atoms with Crippen LogP contribution in [0.3, 0.4) is 0 Å². The second kappa shape index (κ2) is 5.37. The summed E-state index contributed by atoms with van der Waals surface area (Å²) < 4.78 is 6.18. The number of ether oxygens (including phenoxy) is 1. The molecule has 0 radical (unpaired) electrons. The highest BCUT2D eigenvalue weighted by Crippen LogP contribution is 2.34. The van der Waals surface area contributed by atoms with Crippen molar-refractivity contribution in [3.05, 3.63) is 62.1 Å². The number of nitro benzene ring substituents is 1. The van der Waals surface area contributed by atoms with Gasteiger partial charge in [-0.15, -0.1) is 0 Å². The number of benzene rings is 2. The third-order valence-corrected chi connectivity index (χ3v) is 2.87. The molecule has 0 aliphatic heterocycles. The first-order valence-corrected chi connectivity index (χ1v) is 6.11. The number of hydrogen-bond acceptors (Lipinski definition) is 3. The summed E-state index contributed by atoms with van der Waals surface area (Å²) in [6, 6.07) is 11.2. The number of halogens is 2. The van der Waals surface area contributed by atoms with E-state index in [1.807, 2.05) is 0 Å². The first-order valence-electron chi connectivity index (χ1n) is 4.93. The van der Waals surface area contributed by atoms with E-state index in [-0.39, 0.29) is 11.4 Å². The molecule has 2 aromatic rings. The van der Waals surface area contributed by atoms with Gasteiger partial charge in [0.05, 0.1) is 4.92 Å². The van der Waals surface area contributed by atoms with Gasteiger partial charge in [0.1, 0.15) is 5.75 Å². The first kappa shape index (κ1) is 12.9. The molecule has 0 bridgehead atoms. The SMILES string of the molecule is O=[N+]([O-])c1ccc(Br)cc1Oc1cccc(Cl)c1. The normalized spacial score (nSPS) is 10.1. The number of hydrogen-bond donors (Lipinski definition) is 0. The Balaban J connectivity index is 2.39. The van der Waals surface area contributed by atoms with Crippen LogP contribution in [0.25, 0.3) is 0 Å². The second-order valence-electron chi connectivity index (χ2n) is 3.43. The van der Waals surface area contributed by atoms with Crippen molar-refractivity contribution in [3.8, 4) is 11.5 Å². The summed E-state index contributed by atoms with van der Waals surface area (Å²) >= 11 is 9.07. The van der Waals surface area contributed by atoms with Gasteiger partial charge in [0, 0.05) is 21.6 Å². The zero-order chi connectivity index (χ0) is 13.1. The van der Waals surface area contributed by atoms with Crippen LogP contribution in [-0.2, 0) is 0 Å². The molecule has 18 heavy (non-hydrogen) atoms. The molecule has 0 unspecified atom stereocenters. The van der Waals surface area contributed by atoms with Gasteiger partial charge in [-0.25, -0.2) is 0 Å². The van der Waals surface area contributed by atoms with Crippen molar-refractivity contribution < 1.29 is 9.66 Å². The Bertz CT molecular complexity index is 604. The number of rotatable bonds is 3. The Kier molecular flexibility index (Phi) is 3.84. The van der Waals surface area contributed by atoms with E-state index in [9.17, 15) is 10.1 Å². The first-order chi connectivity index (χ1) is 8.56. The van der Waals surface area contributed by atoms with E-state index in [0.717, 1.165) is 0 Å². The quantitative estimate of drug-likeness (QED) is 0.600. The Morgan fingerprint density at radius 2 is 2.00 bits per heavy atom. The Labute approximate surface area is 116 Å². The fourth-order valence-electron chi connectivity index (χ4n) is 1.38. The van der Waals surface area contributed by atoms with E-state index in [1.54, 1.807) is 36.4 Å².